The number of carbonyl (C=O) groups excluding carboxylic acids is 1. The first-order chi connectivity index (χ1) is 12.5. The van der Waals surface area contributed by atoms with Crippen LogP contribution in [0.4, 0.5) is 0 Å². The van der Waals surface area contributed by atoms with E-state index in [-0.39, 0.29) is 16.7 Å². The molecule has 0 fully saturated rings. The van der Waals surface area contributed by atoms with Gasteiger partial charge in [0.1, 0.15) is 4.88 Å². The fourth-order valence-electron chi connectivity index (χ4n) is 2.34. The summed E-state index contributed by atoms with van der Waals surface area (Å²) in [6.07, 6.45) is 1.34. The van der Waals surface area contributed by atoms with Gasteiger partial charge in [0.25, 0.3) is 5.91 Å². The highest BCUT2D eigenvalue weighted by atomic mass is 35.5. The average molecular weight is 387 g/mol. The molecule has 132 valence electrons. The molecule has 2 aromatic carbocycles. The number of nitrogens with zero attached hydrogens (tertiary/aromatic N) is 1. The van der Waals surface area contributed by atoms with Crippen LogP contribution in [0.3, 0.4) is 0 Å². The van der Waals surface area contributed by atoms with Crippen LogP contribution in [0.1, 0.15) is 20.8 Å². The largest absolute Gasteiger partial charge is 0.504 e. The zero-order chi connectivity index (χ0) is 18.7. The van der Waals surface area contributed by atoms with E-state index >= 15 is 0 Å². The van der Waals surface area contributed by atoms with Crippen LogP contribution < -0.4 is 5.43 Å². The molecule has 0 saturated heterocycles. The molecule has 1 heterocycles. The number of amides is 1. The van der Waals surface area contributed by atoms with Crippen LogP contribution in [0, 0.1) is 6.92 Å². The molecule has 1 amide bonds. The van der Waals surface area contributed by atoms with Crippen molar-refractivity contribution in [2.75, 3.05) is 0 Å². The van der Waals surface area contributed by atoms with Gasteiger partial charge in [-0.25, -0.2) is 5.43 Å². The number of nitrogens with one attached hydrogen (secondary N) is 1. The third kappa shape index (κ3) is 3.87. The predicted octanol–water partition coefficient (Wildman–Crippen LogP) is 4.55. The maximum atomic E-state index is 12.4. The zero-order valence-corrected chi connectivity index (χ0v) is 15.3. The summed E-state index contributed by atoms with van der Waals surface area (Å²) in [4.78, 5) is 13.0. The predicted molar refractivity (Wildman–Crippen MR) is 104 cm³/mol. The number of halogens is 1. The first kappa shape index (κ1) is 18.0. The summed E-state index contributed by atoms with van der Waals surface area (Å²) in [5, 5.41) is 24.7. The molecule has 7 heteroatoms. The molecular weight excluding hydrogens is 372 g/mol. The van der Waals surface area contributed by atoms with Gasteiger partial charge in [-0.2, -0.15) is 5.10 Å². The summed E-state index contributed by atoms with van der Waals surface area (Å²) < 4.78 is 0. The van der Waals surface area contributed by atoms with Crippen molar-refractivity contribution >= 4 is 35.1 Å². The summed E-state index contributed by atoms with van der Waals surface area (Å²) in [6.45, 7) is 2.01. The van der Waals surface area contributed by atoms with Crippen molar-refractivity contribution in [2.45, 2.75) is 6.92 Å². The Morgan fingerprint density at radius 1 is 1.19 bits per heavy atom. The molecule has 1 aromatic heterocycles. The maximum absolute atomic E-state index is 12.4. The summed E-state index contributed by atoms with van der Waals surface area (Å²) in [6, 6.07) is 12.5. The van der Waals surface area contributed by atoms with Gasteiger partial charge in [0.2, 0.25) is 0 Å². The Hall–Kier alpha value is -2.83. The van der Waals surface area contributed by atoms with Crippen LogP contribution in [0.25, 0.3) is 11.1 Å². The van der Waals surface area contributed by atoms with E-state index in [1.165, 1.54) is 29.7 Å². The van der Waals surface area contributed by atoms with E-state index in [0.29, 0.717) is 10.4 Å². The number of hydrogen-bond donors (Lipinski definition) is 3. The van der Waals surface area contributed by atoms with E-state index in [1.54, 1.807) is 0 Å². The van der Waals surface area contributed by atoms with Crippen molar-refractivity contribution < 1.29 is 15.0 Å². The zero-order valence-electron chi connectivity index (χ0n) is 13.7. The van der Waals surface area contributed by atoms with Gasteiger partial charge >= 0.3 is 0 Å². The second-order valence-electron chi connectivity index (χ2n) is 5.60. The highest BCUT2D eigenvalue weighted by Gasteiger charge is 2.14. The highest BCUT2D eigenvalue weighted by molar-refractivity contribution is 7.12. The molecule has 3 aromatic rings. The Morgan fingerprint density at radius 3 is 2.62 bits per heavy atom. The SMILES string of the molecule is Cc1ccc(-c2ccsc2C(=O)N/N=C/c2cc(O)c(O)c(Cl)c2)cc1. The standard InChI is InChI=1S/C19H15ClN2O3S/c1-11-2-4-13(5-3-11)14-6-7-26-18(14)19(25)22-21-10-12-8-15(20)17(24)16(23)9-12/h2-10,23-24H,1H3,(H,22,25)/b21-10+. The van der Waals surface area contributed by atoms with Crippen LogP contribution in [0.15, 0.2) is 52.9 Å². The average Bonchev–Trinajstić information content (AvgIpc) is 3.10. The minimum absolute atomic E-state index is 0.00214. The fraction of sp³-hybridized carbons (Fsp3) is 0.0526. The van der Waals surface area contributed by atoms with Crippen molar-refractivity contribution in [3.8, 4) is 22.6 Å². The number of hydrazone groups is 1. The molecule has 0 atom stereocenters. The minimum atomic E-state index is -0.394. The second kappa shape index (κ2) is 7.59. The Labute approximate surface area is 159 Å². The number of aryl methyl sites for hydroxylation is 1. The molecule has 0 aliphatic carbocycles. The lowest BCUT2D eigenvalue weighted by atomic mass is 10.1. The van der Waals surface area contributed by atoms with Crippen molar-refractivity contribution in [1.29, 1.82) is 0 Å². The Bertz CT molecular complexity index is 958. The molecule has 0 aliphatic heterocycles. The van der Waals surface area contributed by atoms with Gasteiger partial charge in [-0.15, -0.1) is 11.3 Å². The molecule has 0 aliphatic rings. The van der Waals surface area contributed by atoms with Crippen molar-refractivity contribution in [3.63, 3.8) is 0 Å². The molecule has 0 bridgehead atoms. The van der Waals surface area contributed by atoms with Crippen LogP contribution >= 0.6 is 22.9 Å². The Kier molecular flexibility index (Phi) is 5.25. The molecular formula is C19H15ClN2O3S. The molecule has 0 saturated carbocycles. The van der Waals surface area contributed by atoms with E-state index in [9.17, 15) is 15.0 Å². The number of benzene rings is 2. The van der Waals surface area contributed by atoms with Crippen LogP contribution in [-0.4, -0.2) is 22.3 Å². The normalized spacial score (nSPS) is 11.0. The molecule has 5 nitrogen and oxygen atoms in total. The monoisotopic (exact) mass is 386 g/mol. The second-order valence-corrected chi connectivity index (χ2v) is 6.92. The van der Waals surface area contributed by atoms with Gasteiger partial charge in [-0.3, -0.25) is 4.79 Å². The number of thiophene rings is 1. The van der Waals surface area contributed by atoms with Crippen molar-refractivity contribution in [2.24, 2.45) is 5.10 Å². The van der Waals surface area contributed by atoms with Gasteiger partial charge < -0.3 is 10.2 Å². The highest BCUT2D eigenvalue weighted by Crippen LogP contribution is 2.33. The summed E-state index contributed by atoms with van der Waals surface area (Å²) >= 11 is 7.11. The van der Waals surface area contributed by atoms with Crippen LogP contribution in [-0.2, 0) is 0 Å². The lowest BCUT2D eigenvalue weighted by molar-refractivity contribution is 0.0960. The van der Waals surface area contributed by atoms with Gasteiger partial charge in [0.15, 0.2) is 11.5 Å². The quantitative estimate of drug-likeness (QED) is 0.349. The number of phenolic OH excluding ortho intramolecular Hbond substituents is 2. The minimum Gasteiger partial charge on any atom is -0.504 e. The van der Waals surface area contributed by atoms with Gasteiger partial charge in [-0.1, -0.05) is 41.4 Å². The van der Waals surface area contributed by atoms with E-state index < -0.39 is 5.75 Å². The molecule has 3 rings (SSSR count). The molecule has 3 N–H and O–H groups in total. The van der Waals surface area contributed by atoms with Crippen LogP contribution in [0.5, 0.6) is 11.5 Å². The lowest BCUT2D eigenvalue weighted by Crippen LogP contribution is -2.17. The third-order valence-corrected chi connectivity index (χ3v) is 4.88. The van der Waals surface area contributed by atoms with Crippen molar-refractivity contribution in [1.82, 2.24) is 5.43 Å². The first-order valence-electron chi connectivity index (χ1n) is 7.65. The lowest BCUT2D eigenvalue weighted by Gasteiger charge is -2.04. The first-order valence-corrected chi connectivity index (χ1v) is 8.91. The van der Waals surface area contributed by atoms with Gasteiger partial charge in [0.05, 0.1) is 11.2 Å². The summed E-state index contributed by atoms with van der Waals surface area (Å²) in [5.41, 5.74) is 5.85. The van der Waals surface area contributed by atoms with Crippen molar-refractivity contribution in [3.05, 3.63) is 68.9 Å². The molecule has 0 unspecified atom stereocenters. The molecule has 0 radical (unpaired) electrons. The van der Waals surface area contributed by atoms with E-state index in [4.69, 9.17) is 11.6 Å². The number of hydrogen-bond acceptors (Lipinski definition) is 5. The summed E-state index contributed by atoms with van der Waals surface area (Å²) in [7, 11) is 0. The third-order valence-electron chi connectivity index (χ3n) is 3.68. The Balaban J connectivity index is 1.75. The number of phenols is 2. The molecule has 0 spiro atoms. The summed E-state index contributed by atoms with van der Waals surface area (Å²) in [5.74, 6) is -1.08. The molecule has 26 heavy (non-hydrogen) atoms. The number of carbonyl (C=O) groups is 1. The van der Waals surface area contributed by atoms with E-state index in [0.717, 1.165) is 16.7 Å². The van der Waals surface area contributed by atoms with E-state index in [1.807, 2.05) is 42.6 Å². The number of rotatable bonds is 4. The number of aromatic hydroxyl groups is 2. The Morgan fingerprint density at radius 2 is 1.92 bits per heavy atom. The van der Waals surface area contributed by atoms with Gasteiger partial charge in [-0.05, 0) is 41.6 Å². The van der Waals surface area contributed by atoms with E-state index in [2.05, 4.69) is 10.5 Å². The maximum Gasteiger partial charge on any atom is 0.282 e. The topological polar surface area (TPSA) is 81.9 Å². The van der Waals surface area contributed by atoms with Gasteiger partial charge in [0, 0.05) is 5.56 Å². The smallest absolute Gasteiger partial charge is 0.282 e. The fourth-order valence-corrected chi connectivity index (χ4v) is 3.37. The van der Waals surface area contributed by atoms with Crippen LogP contribution in [0.2, 0.25) is 5.02 Å².